The third kappa shape index (κ3) is 3.81. The molecular formula is C17H16N6OS2. The van der Waals surface area contributed by atoms with Crippen LogP contribution in [-0.4, -0.2) is 36.3 Å². The Labute approximate surface area is 159 Å². The van der Waals surface area contributed by atoms with Gasteiger partial charge in [0.2, 0.25) is 0 Å². The smallest absolute Gasteiger partial charge is 0.191 e. The van der Waals surface area contributed by atoms with Crippen molar-refractivity contribution >= 4 is 28.9 Å². The van der Waals surface area contributed by atoms with E-state index in [1.807, 2.05) is 35.9 Å². The number of aryl methyl sites for hydroxylation is 1. The average molecular weight is 384 g/mol. The fourth-order valence-corrected chi connectivity index (χ4v) is 4.15. The highest BCUT2D eigenvalue weighted by atomic mass is 32.2. The highest BCUT2D eigenvalue weighted by Gasteiger charge is 2.24. The molecule has 26 heavy (non-hydrogen) atoms. The molecule has 7 nitrogen and oxygen atoms in total. The molecule has 1 unspecified atom stereocenters. The monoisotopic (exact) mass is 384 g/mol. The summed E-state index contributed by atoms with van der Waals surface area (Å²) in [6.45, 7) is 4.52. The number of pyridine rings is 1. The van der Waals surface area contributed by atoms with Crippen molar-refractivity contribution in [3.8, 4) is 17.5 Å². The maximum atomic E-state index is 12.5. The second kappa shape index (κ2) is 8.21. The van der Waals surface area contributed by atoms with E-state index in [0.717, 1.165) is 17.1 Å². The minimum absolute atomic E-state index is 0.144. The van der Waals surface area contributed by atoms with Crippen molar-refractivity contribution in [2.45, 2.75) is 31.5 Å². The molecule has 3 aromatic heterocycles. The van der Waals surface area contributed by atoms with Crippen LogP contribution in [0.4, 0.5) is 0 Å². The minimum Gasteiger partial charge on any atom is -0.302 e. The number of ketones is 1. The lowest BCUT2D eigenvalue weighted by Crippen LogP contribution is -2.13. The number of Topliss-reactive ketones (excluding diaryl/α,β-unsaturated/α-hetero) is 1. The van der Waals surface area contributed by atoms with Crippen molar-refractivity contribution in [1.29, 1.82) is 5.26 Å². The van der Waals surface area contributed by atoms with E-state index in [9.17, 15) is 10.1 Å². The number of rotatable bonds is 7. The first kappa shape index (κ1) is 18.2. The Hall–Kier alpha value is -2.57. The number of carbonyl (C=O) groups excluding carboxylic acids is 1. The Morgan fingerprint density at radius 2 is 2.15 bits per heavy atom. The number of thioether (sulfide) groups is 1. The zero-order valence-corrected chi connectivity index (χ0v) is 15.9. The van der Waals surface area contributed by atoms with Crippen molar-refractivity contribution in [2.75, 3.05) is 5.75 Å². The molecule has 0 bridgehead atoms. The van der Waals surface area contributed by atoms with E-state index in [0.29, 0.717) is 16.7 Å². The number of nitriles is 1. The van der Waals surface area contributed by atoms with Gasteiger partial charge in [-0.2, -0.15) is 5.26 Å². The Morgan fingerprint density at radius 3 is 2.77 bits per heavy atom. The lowest BCUT2D eigenvalue weighted by atomic mass is 10.1. The molecule has 0 aliphatic heterocycles. The largest absolute Gasteiger partial charge is 0.302 e. The quantitative estimate of drug-likeness (QED) is 0.577. The van der Waals surface area contributed by atoms with Gasteiger partial charge in [0.1, 0.15) is 5.01 Å². The Balaban J connectivity index is 1.74. The van der Waals surface area contributed by atoms with Crippen molar-refractivity contribution in [2.24, 2.45) is 0 Å². The van der Waals surface area contributed by atoms with Gasteiger partial charge in [0.05, 0.1) is 11.8 Å². The summed E-state index contributed by atoms with van der Waals surface area (Å²) in [5, 5.41) is 20.8. The SMILES string of the molecule is CCn1c(SCC(=O)C(C#N)c2nc(C)cs2)nnc1-c1ccncc1. The van der Waals surface area contributed by atoms with Gasteiger partial charge in [-0.15, -0.1) is 21.5 Å². The topological polar surface area (TPSA) is 97.3 Å². The first-order valence-electron chi connectivity index (χ1n) is 7.94. The standard InChI is InChI=1S/C17H16N6OS2/c1-3-23-15(12-4-6-19-7-5-12)21-22-17(23)26-10-14(24)13(8-18)16-20-11(2)9-25-16/h4-7,9,13H,3,10H2,1-2H3. The second-order valence-corrected chi connectivity index (χ2v) is 7.26. The van der Waals surface area contributed by atoms with Gasteiger partial charge in [-0.25, -0.2) is 4.98 Å². The molecule has 1 atom stereocenters. The van der Waals surface area contributed by atoms with Gasteiger partial charge in [0.15, 0.2) is 22.7 Å². The van der Waals surface area contributed by atoms with Gasteiger partial charge < -0.3 is 4.57 Å². The third-order valence-corrected chi connectivity index (χ3v) is 5.67. The minimum atomic E-state index is -0.834. The summed E-state index contributed by atoms with van der Waals surface area (Å²) >= 11 is 2.63. The van der Waals surface area contributed by atoms with Crippen LogP contribution in [0.5, 0.6) is 0 Å². The zero-order chi connectivity index (χ0) is 18.5. The van der Waals surface area contributed by atoms with Crippen LogP contribution in [0, 0.1) is 18.3 Å². The molecule has 0 saturated heterocycles. The highest BCUT2D eigenvalue weighted by molar-refractivity contribution is 7.99. The van der Waals surface area contributed by atoms with E-state index in [1.165, 1.54) is 23.1 Å². The van der Waals surface area contributed by atoms with Crippen LogP contribution in [0.1, 0.15) is 23.5 Å². The maximum Gasteiger partial charge on any atom is 0.191 e. The van der Waals surface area contributed by atoms with Crippen LogP contribution in [0.25, 0.3) is 11.4 Å². The van der Waals surface area contributed by atoms with Crippen LogP contribution >= 0.6 is 23.1 Å². The third-order valence-electron chi connectivity index (χ3n) is 3.65. The fraction of sp³-hybridized carbons (Fsp3) is 0.294. The average Bonchev–Trinajstić information content (AvgIpc) is 3.27. The highest BCUT2D eigenvalue weighted by Crippen LogP contribution is 2.26. The molecule has 0 N–H and O–H groups in total. The first-order chi connectivity index (χ1) is 12.6. The molecule has 0 fully saturated rings. The van der Waals surface area contributed by atoms with Crippen LogP contribution < -0.4 is 0 Å². The first-order valence-corrected chi connectivity index (χ1v) is 9.81. The van der Waals surface area contributed by atoms with E-state index in [1.54, 1.807) is 12.4 Å². The molecule has 3 heterocycles. The van der Waals surface area contributed by atoms with E-state index in [2.05, 4.69) is 26.2 Å². The summed E-state index contributed by atoms with van der Waals surface area (Å²) in [6, 6.07) is 5.80. The van der Waals surface area contributed by atoms with Crippen LogP contribution in [0.2, 0.25) is 0 Å². The fourth-order valence-electron chi connectivity index (χ4n) is 2.38. The number of aromatic nitrogens is 5. The summed E-state index contributed by atoms with van der Waals surface area (Å²) in [5.41, 5.74) is 1.74. The van der Waals surface area contributed by atoms with Gasteiger partial charge >= 0.3 is 0 Å². The molecule has 0 aliphatic carbocycles. The molecule has 0 amide bonds. The molecule has 3 aromatic rings. The molecule has 9 heteroatoms. The maximum absolute atomic E-state index is 12.5. The molecule has 0 aliphatic rings. The van der Waals surface area contributed by atoms with Crippen LogP contribution in [0.3, 0.4) is 0 Å². The van der Waals surface area contributed by atoms with Crippen molar-refractivity contribution in [3.63, 3.8) is 0 Å². The van der Waals surface area contributed by atoms with Gasteiger partial charge in [0, 0.05) is 35.6 Å². The van der Waals surface area contributed by atoms with Crippen molar-refractivity contribution < 1.29 is 4.79 Å². The van der Waals surface area contributed by atoms with E-state index >= 15 is 0 Å². The second-order valence-electron chi connectivity index (χ2n) is 5.43. The number of nitrogens with zero attached hydrogens (tertiary/aromatic N) is 6. The van der Waals surface area contributed by atoms with E-state index < -0.39 is 5.92 Å². The van der Waals surface area contributed by atoms with Gasteiger partial charge in [0.25, 0.3) is 0 Å². The molecule has 132 valence electrons. The molecule has 3 rings (SSSR count). The molecule has 0 spiro atoms. The number of thiazole rings is 1. The Kier molecular flexibility index (Phi) is 5.75. The van der Waals surface area contributed by atoms with Gasteiger partial charge in [-0.3, -0.25) is 9.78 Å². The molecule has 0 aromatic carbocycles. The summed E-state index contributed by atoms with van der Waals surface area (Å²) in [6.07, 6.45) is 3.40. The lowest BCUT2D eigenvalue weighted by molar-refractivity contribution is -0.116. The van der Waals surface area contributed by atoms with Gasteiger partial charge in [-0.05, 0) is 26.0 Å². The van der Waals surface area contributed by atoms with Crippen molar-refractivity contribution in [3.05, 3.63) is 40.6 Å². The summed E-state index contributed by atoms with van der Waals surface area (Å²) in [4.78, 5) is 20.8. The molecule has 0 radical (unpaired) electrons. The number of carbonyl (C=O) groups is 1. The lowest BCUT2D eigenvalue weighted by Gasteiger charge is -2.08. The predicted molar refractivity (Wildman–Crippen MR) is 99.9 cm³/mol. The molecular weight excluding hydrogens is 368 g/mol. The number of hydrogen-bond acceptors (Lipinski definition) is 8. The van der Waals surface area contributed by atoms with E-state index in [-0.39, 0.29) is 11.5 Å². The molecule has 0 saturated carbocycles. The number of hydrogen-bond donors (Lipinski definition) is 0. The summed E-state index contributed by atoms with van der Waals surface area (Å²) in [7, 11) is 0. The van der Waals surface area contributed by atoms with Crippen molar-refractivity contribution in [1.82, 2.24) is 24.7 Å². The Morgan fingerprint density at radius 1 is 1.38 bits per heavy atom. The zero-order valence-electron chi connectivity index (χ0n) is 14.3. The summed E-state index contributed by atoms with van der Waals surface area (Å²) < 4.78 is 1.95. The predicted octanol–water partition coefficient (Wildman–Crippen LogP) is 3.09. The summed E-state index contributed by atoms with van der Waals surface area (Å²) in [5.74, 6) is -0.134. The van der Waals surface area contributed by atoms with Gasteiger partial charge in [-0.1, -0.05) is 11.8 Å². The van der Waals surface area contributed by atoms with Crippen LogP contribution in [0.15, 0.2) is 35.1 Å². The Bertz CT molecular complexity index is 944. The normalized spacial score (nSPS) is 11.9. The van der Waals surface area contributed by atoms with E-state index in [4.69, 9.17) is 0 Å². The van der Waals surface area contributed by atoms with Crippen LogP contribution in [-0.2, 0) is 11.3 Å².